The predicted octanol–water partition coefficient (Wildman–Crippen LogP) is 3.47. The molecule has 1 saturated carbocycles. The van der Waals surface area contributed by atoms with Crippen molar-refractivity contribution in [1.82, 2.24) is 9.73 Å². The molecule has 6 nitrogen and oxygen atoms in total. The third-order valence-corrected chi connectivity index (χ3v) is 6.99. The van der Waals surface area contributed by atoms with E-state index in [-0.39, 0.29) is 17.5 Å². The fourth-order valence-electron chi connectivity index (χ4n) is 3.61. The van der Waals surface area contributed by atoms with E-state index in [4.69, 9.17) is 0 Å². The SMILES string of the molecule is Cc1cccc(/C=N\NC(=O)CN(C2CCCCC2)S(=O)(=O)c2ccccc2)c1. The van der Waals surface area contributed by atoms with Crippen LogP contribution in [0.15, 0.2) is 64.6 Å². The molecule has 0 bridgehead atoms. The highest BCUT2D eigenvalue weighted by Gasteiger charge is 2.33. The van der Waals surface area contributed by atoms with Crippen LogP contribution in [-0.2, 0) is 14.8 Å². The maximum Gasteiger partial charge on any atom is 0.255 e. The summed E-state index contributed by atoms with van der Waals surface area (Å²) in [7, 11) is -3.76. The van der Waals surface area contributed by atoms with E-state index < -0.39 is 15.9 Å². The minimum Gasteiger partial charge on any atom is -0.272 e. The zero-order valence-electron chi connectivity index (χ0n) is 16.6. The van der Waals surface area contributed by atoms with Crippen LogP contribution in [0.3, 0.4) is 0 Å². The highest BCUT2D eigenvalue weighted by molar-refractivity contribution is 7.89. The molecule has 1 amide bonds. The van der Waals surface area contributed by atoms with Crippen LogP contribution in [-0.4, -0.2) is 37.4 Å². The Hall–Kier alpha value is -2.51. The topological polar surface area (TPSA) is 78.8 Å². The number of nitrogens with one attached hydrogen (secondary N) is 1. The minimum absolute atomic E-state index is 0.166. The Bertz CT molecular complexity index is 952. The second-order valence-electron chi connectivity index (χ2n) is 7.36. The Labute approximate surface area is 172 Å². The molecule has 0 radical (unpaired) electrons. The number of benzene rings is 2. The maximum absolute atomic E-state index is 13.2. The third-order valence-electron chi connectivity index (χ3n) is 5.08. The van der Waals surface area contributed by atoms with Crippen LogP contribution in [0.4, 0.5) is 0 Å². The van der Waals surface area contributed by atoms with Crippen molar-refractivity contribution in [2.24, 2.45) is 5.10 Å². The van der Waals surface area contributed by atoms with Crippen LogP contribution in [0.1, 0.15) is 43.2 Å². The van der Waals surface area contributed by atoms with Crippen molar-refractivity contribution in [2.45, 2.75) is 50.0 Å². The molecule has 3 rings (SSSR count). The van der Waals surface area contributed by atoms with Gasteiger partial charge in [-0.05, 0) is 37.5 Å². The molecule has 1 fully saturated rings. The molecule has 0 unspecified atom stereocenters. The van der Waals surface area contributed by atoms with Crippen molar-refractivity contribution < 1.29 is 13.2 Å². The first-order valence-corrected chi connectivity index (χ1v) is 11.4. The van der Waals surface area contributed by atoms with Crippen LogP contribution in [0, 0.1) is 6.92 Å². The number of hydrogen-bond acceptors (Lipinski definition) is 4. The Balaban J connectivity index is 1.73. The first-order chi connectivity index (χ1) is 14.0. The van der Waals surface area contributed by atoms with Gasteiger partial charge in [0.2, 0.25) is 10.0 Å². The molecule has 0 saturated heterocycles. The summed E-state index contributed by atoms with van der Waals surface area (Å²) in [5.74, 6) is -0.445. The summed E-state index contributed by atoms with van der Waals surface area (Å²) in [5, 5.41) is 3.99. The standard InChI is InChI=1S/C22H27N3O3S/c1-18-9-8-10-19(15-18)16-23-24-22(26)17-25(20-11-4-2-5-12-20)29(27,28)21-13-6-3-7-14-21/h3,6-10,13-16,20H,2,4-5,11-12,17H2,1H3,(H,24,26)/b23-16-. The highest BCUT2D eigenvalue weighted by atomic mass is 32.2. The van der Waals surface area contributed by atoms with Gasteiger partial charge >= 0.3 is 0 Å². The van der Waals surface area contributed by atoms with E-state index in [1.807, 2.05) is 31.2 Å². The summed E-state index contributed by atoms with van der Waals surface area (Å²) in [6.45, 7) is 1.74. The van der Waals surface area contributed by atoms with Crippen molar-refractivity contribution in [2.75, 3.05) is 6.54 Å². The number of sulfonamides is 1. The Kier molecular flexibility index (Phi) is 7.17. The third kappa shape index (κ3) is 5.74. The van der Waals surface area contributed by atoms with E-state index >= 15 is 0 Å². The van der Waals surface area contributed by atoms with Gasteiger partial charge in [-0.2, -0.15) is 9.41 Å². The first-order valence-electron chi connectivity index (χ1n) is 9.92. The van der Waals surface area contributed by atoms with Gasteiger partial charge in [0.05, 0.1) is 17.7 Å². The smallest absolute Gasteiger partial charge is 0.255 e. The van der Waals surface area contributed by atoms with Gasteiger partial charge in [-0.25, -0.2) is 13.8 Å². The average molecular weight is 414 g/mol. The lowest BCUT2D eigenvalue weighted by molar-refractivity contribution is -0.121. The molecule has 0 heterocycles. The summed E-state index contributed by atoms with van der Waals surface area (Å²) >= 11 is 0. The molecular formula is C22H27N3O3S. The van der Waals surface area contributed by atoms with E-state index in [1.54, 1.807) is 36.5 Å². The Morgan fingerprint density at radius 3 is 2.52 bits per heavy atom. The molecule has 2 aromatic carbocycles. The van der Waals surface area contributed by atoms with E-state index in [0.29, 0.717) is 0 Å². The van der Waals surface area contributed by atoms with Crippen LogP contribution in [0.25, 0.3) is 0 Å². The fraction of sp³-hybridized carbons (Fsp3) is 0.364. The van der Waals surface area contributed by atoms with Crippen LogP contribution < -0.4 is 5.43 Å². The normalized spacial score (nSPS) is 15.7. The van der Waals surface area contributed by atoms with Crippen molar-refractivity contribution in [1.29, 1.82) is 0 Å². The number of hydrazone groups is 1. The Morgan fingerprint density at radius 1 is 1.10 bits per heavy atom. The molecule has 1 aliphatic carbocycles. The molecule has 0 aromatic heterocycles. The van der Waals surface area contributed by atoms with E-state index in [9.17, 15) is 13.2 Å². The number of carbonyl (C=O) groups is 1. The number of rotatable bonds is 7. The molecular weight excluding hydrogens is 386 g/mol. The van der Waals surface area contributed by atoms with Crippen LogP contribution in [0.2, 0.25) is 0 Å². The van der Waals surface area contributed by atoms with Crippen molar-refractivity contribution >= 4 is 22.1 Å². The summed E-state index contributed by atoms with van der Waals surface area (Å²) in [6, 6.07) is 15.9. The number of amides is 1. The lowest BCUT2D eigenvalue weighted by Crippen LogP contribution is -2.46. The molecule has 154 valence electrons. The number of nitrogens with zero attached hydrogens (tertiary/aromatic N) is 2. The van der Waals surface area contributed by atoms with Gasteiger partial charge in [-0.3, -0.25) is 4.79 Å². The molecule has 29 heavy (non-hydrogen) atoms. The van der Waals surface area contributed by atoms with Crippen molar-refractivity contribution in [3.63, 3.8) is 0 Å². The molecule has 1 N–H and O–H groups in total. The quantitative estimate of drug-likeness (QED) is 0.558. The van der Waals surface area contributed by atoms with Crippen molar-refractivity contribution in [3.8, 4) is 0 Å². The Morgan fingerprint density at radius 2 is 1.83 bits per heavy atom. The number of hydrogen-bond donors (Lipinski definition) is 1. The molecule has 2 aromatic rings. The molecule has 0 spiro atoms. The number of carbonyl (C=O) groups excluding carboxylic acids is 1. The second-order valence-corrected chi connectivity index (χ2v) is 9.25. The fourth-order valence-corrected chi connectivity index (χ4v) is 5.28. The van der Waals surface area contributed by atoms with Crippen LogP contribution >= 0.6 is 0 Å². The van der Waals surface area contributed by atoms with Crippen LogP contribution in [0.5, 0.6) is 0 Å². The van der Waals surface area contributed by atoms with Crippen molar-refractivity contribution in [3.05, 3.63) is 65.7 Å². The lowest BCUT2D eigenvalue weighted by atomic mass is 9.95. The highest BCUT2D eigenvalue weighted by Crippen LogP contribution is 2.27. The predicted molar refractivity (Wildman–Crippen MR) is 114 cm³/mol. The maximum atomic E-state index is 13.2. The molecule has 0 atom stereocenters. The van der Waals surface area contributed by atoms with Gasteiger partial charge in [0.1, 0.15) is 0 Å². The minimum atomic E-state index is -3.76. The van der Waals surface area contributed by atoms with Gasteiger partial charge in [-0.15, -0.1) is 0 Å². The zero-order valence-corrected chi connectivity index (χ0v) is 17.4. The van der Waals surface area contributed by atoms with E-state index in [2.05, 4.69) is 10.5 Å². The summed E-state index contributed by atoms with van der Waals surface area (Å²) in [5.41, 5.74) is 4.43. The lowest BCUT2D eigenvalue weighted by Gasteiger charge is -2.32. The largest absolute Gasteiger partial charge is 0.272 e. The molecule has 0 aliphatic heterocycles. The zero-order chi connectivity index (χ0) is 20.7. The van der Waals surface area contributed by atoms with Gasteiger partial charge in [0, 0.05) is 6.04 Å². The summed E-state index contributed by atoms with van der Waals surface area (Å²) in [4.78, 5) is 12.7. The molecule has 7 heteroatoms. The monoisotopic (exact) mass is 413 g/mol. The number of aryl methyl sites for hydroxylation is 1. The van der Waals surface area contributed by atoms with Gasteiger partial charge < -0.3 is 0 Å². The summed E-state index contributed by atoms with van der Waals surface area (Å²) < 4.78 is 27.8. The molecule has 1 aliphatic rings. The first kappa shape index (κ1) is 21.2. The average Bonchev–Trinajstić information content (AvgIpc) is 2.73. The second kappa shape index (κ2) is 9.80. The summed E-state index contributed by atoms with van der Waals surface area (Å²) in [6.07, 6.45) is 6.14. The van der Waals surface area contributed by atoms with E-state index in [0.717, 1.165) is 43.2 Å². The van der Waals surface area contributed by atoms with Gasteiger partial charge in [-0.1, -0.05) is 67.3 Å². The van der Waals surface area contributed by atoms with Gasteiger partial charge in [0.25, 0.3) is 5.91 Å². The van der Waals surface area contributed by atoms with Gasteiger partial charge in [0.15, 0.2) is 0 Å². The van der Waals surface area contributed by atoms with E-state index in [1.165, 1.54) is 4.31 Å².